The predicted octanol–water partition coefficient (Wildman–Crippen LogP) is 0.453. The van der Waals surface area contributed by atoms with Crippen LogP contribution in [0.2, 0.25) is 0 Å². The topological polar surface area (TPSA) is 97.0 Å². The molecule has 1 aliphatic heterocycles. The van der Waals surface area contributed by atoms with Gasteiger partial charge in [0.2, 0.25) is 0 Å². The van der Waals surface area contributed by atoms with Crippen molar-refractivity contribution in [3.8, 4) is 0 Å². The van der Waals surface area contributed by atoms with Crippen LogP contribution >= 0.6 is 0 Å². The minimum Gasteiger partial charge on any atom is -0.468 e. The summed E-state index contributed by atoms with van der Waals surface area (Å²) in [6, 6.07) is 6.20. The SMILES string of the molecule is COC(=O)CNC(=O)c1ccc(NC(=O)N2CCOCC2)cc1. The van der Waals surface area contributed by atoms with E-state index in [1.807, 2.05) is 0 Å². The van der Waals surface area contributed by atoms with Crippen LogP contribution in [0.25, 0.3) is 0 Å². The third-order valence-electron chi connectivity index (χ3n) is 3.32. The van der Waals surface area contributed by atoms with E-state index in [0.717, 1.165) is 0 Å². The number of morpholine rings is 1. The predicted molar refractivity (Wildman–Crippen MR) is 82.2 cm³/mol. The number of ether oxygens (including phenoxy) is 2. The first-order valence-electron chi connectivity index (χ1n) is 7.19. The van der Waals surface area contributed by atoms with Gasteiger partial charge in [0.1, 0.15) is 6.54 Å². The maximum absolute atomic E-state index is 12.0. The van der Waals surface area contributed by atoms with Gasteiger partial charge in [-0.2, -0.15) is 0 Å². The summed E-state index contributed by atoms with van der Waals surface area (Å²) in [5.74, 6) is -0.908. The number of esters is 1. The van der Waals surface area contributed by atoms with E-state index in [9.17, 15) is 14.4 Å². The summed E-state index contributed by atoms with van der Waals surface area (Å²) in [6.45, 7) is 1.99. The van der Waals surface area contributed by atoms with Crippen LogP contribution in [0.1, 0.15) is 10.4 Å². The van der Waals surface area contributed by atoms with Crippen molar-refractivity contribution in [1.82, 2.24) is 10.2 Å². The van der Waals surface area contributed by atoms with Gasteiger partial charge in [0.15, 0.2) is 0 Å². The Kier molecular flexibility index (Phi) is 5.93. The van der Waals surface area contributed by atoms with Crippen LogP contribution < -0.4 is 10.6 Å². The molecule has 0 aliphatic carbocycles. The molecule has 0 radical (unpaired) electrons. The number of urea groups is 1. The second kappa shape index (κ2) is 8.14. The summed E-state index contributed by atoms with van der Waals surface area (Å²) in [4.78, 5) is 36.5. The second-order valence-electron chi connectivity index (χ2n) is 4.87. The number of nitrogens with one attached hydrogen (secondary N) is 2. The monoisotopic (exact) mass is 321 g/mol. The van der Waals surface area contributed by atoms with Crippen molar-refractivity contribution in [1.29, 1.82) is 0 Å². The van der Waals surface area contributed by atoms with Crippen molar-refractivity contribution in [3.63, 3.8) is 0 Å². The van der Waals surface area contributed by atoms with Crippen LogP contribution in [0.4, 0.5) is 10.5 Å². The zero-order chi connectivity index (χ0) is 16.7. The molecule has 8 heteroatoms. The molecule has 0 unspecified atom stereocenters. The Balaban J connectivity index is 1.87. The molecule has 0 atom stereocenters. The highest BCUT2D eigenvalue weighted by molar-refractivity contribution is 5.97. The van der Waals surface area contributed by atoms with E-state index < -0.39 is 5.97 Å². The van der Waals surface area contributed by atoms with Crippen LogP contribution in [0.5, 0.6) is 0 Å². The molecule has 0 spiro atoms. The first-order valence-corrected chi connectivity index (χ1v) is 7.19. The lowest BCUT2D eigenvalue weighted by atomic mass is 10.2. The molecule has 1 heterocycles. The number of hydrogen-bond donors (Lipinski definition) is 2. The van der Waals surface area contributed by atoms with E-state index in [1.54, 1.807) is 29.2 Å². The summed E-state index contributed by atoms with van der Waals surface area (Å²) in [5.41, 5.74) is 0.976. The van der Waals surface area contributed by atoms with Crippen molar-refractivity contribution >= 4 is 23.6 Å². The van der Waals surface area contributed by atoms with Crippen LogP contribution in [-0.4, -0.2) is 62.8 Å². The van der Waals surface area contributed by atoms with E-state index in [0.29, 0.717) is 37.6 Å². The lowest BCUT2D eigenvalue weighted by molar-refractivity contribution is -0.139. The number of nitrogens with zero attached hydrogens (tertiary/aromatic N) is 1. The Morgan fingerprint density at radius 1 is 1.17 bits per heavy atom. The smallest absolute Gasteiger partial charge is 0.325 e. The summed E-state index contributed by atoms with van der Waals surface area (Å²) >= 11 is 0. The van der Waals surface area contributed by atoms with Gasteiger partial charge in [0.25, 0.3) is 5.91 Å². The average molecular weight is 321 g/mol. The molecule has 0 aromatic heterocycles. The Morgan fingerprint density at radius 3 is 2.43 bits per heavy atom. The Hall–Kier alpha value is -2.61. The first-order chi connectivity index (χ1) is 11.1. The number of amides is 3. The fourth-order valence-corrected chi connectivity index (χ4v) is 2.00. The molecule has 2 rings (SSSR count). The van der Waals surface area contributed by atoms with Gasteiger partial charge in [-0.3, -0.25) is 9.59 Å². The Morgan fingerprint density at radius 2 is 1.83 bits per heavy atom. The largest absolute Gasteiger partial charge is 0.468 e. The minimum atomic E-state index is -0.521. The molecule has 0 bridgehead atoms. The van der Waals surface area contributed by atoms with Gasteiger partial charge in [-0.25, -0.2) is 4.79 Å². The van der Waals surface area contributed by atoms with E-state index in [1.165, 1.54) is 7.11 Å². The second-order valence-corrected chi connectivity index (χ2v) is 4.87. The van der Waals surface area contributed by atoms with Crippen LogP contribution in [0, 0.1) is 0 Å². The van der Waals surface area contributed by atoms with Crippen molar-refractivity contribution in [2.75, 3.05) is 45.3 Å². The number of benzene rings is 1. The minimum absolute atomic E-state index is 0.190. The van der Waals surface area contributed by atoms with E-state index in [2.05, 4.69) is 15.4 Å². The third kappa shape index (κ3) is 4.96. The van der Waals surface area contributed by atoms with Gasteiger partial charge in [0.05, 0.1) is 20.3 Å². The zero-order valence-corrected chi connectivity index (χ0v) is 12.8. The summed E-state index contributed by atoms with van der Waals surface area (Å²) in [6.07, 6.45) is 0. The number of hydrogen-bond acceptors (Lipinski definition) is 5. The molecular weight excluding hydrogens is 302 g/mol. The molecule has 1 aromatic rings. The van der Waals surface area contributed by atoms with Gasteiger partial charge in [0, 0.05) is 24.3 Å². The fraction of sp³-hybridized carbons (Fsp3) is 0.400. The van der Waals surface area contributed by atoms with Crippen LogP contribution in [0.3, 0.4) is 0 Å². The molecule has 3 amide bonds. The highest BCUT2D eigenvalue weighted by Crippen LogP contribution is 2.11. The standard InChI is InChI=1S/C15H19N3O5/c1-22-13(19)10-16-14(20)11-2-4-12(5-3-11)17-15(21)18-6-8-23-9-7-18/h2-5H,6-10H2,1H3,(H,16,20)(H,17,21). The number of carbonyl (C=O) groups excluding carboxylic acids is 3. The summed E-state index contributed by atoms with van der Waals surface area (Å²) in [7, 11) is 1.25. The normalized spacial score (nSPS) is 14.0. The fourth-order valence-electron chi connectivity index (χ4n) is 2.00. The van der Waals surface area contributed by atoms with E-state index >= 15 is 0 Å². The number of rotatable bonds is 4. The maximum atomic E-state index is 12.0. The molecule has 23 heavy (non-hydrogen) atoms. The summed E-state index contributed by atoms with van der Waals surface area (Å²) < 4.78 is 9.63. The quantitative estimate of drug-likeness (QED) is 0.785. The van der Waals surface area contributed by atoms with Crippen LogP contribution in [-0.2, 0) is 14.3 Å². The average Bonchev–Trinajstić information content (AvgIpc) is 2.60. The maximum Gasteiger partial charge on any atom is 0.325 e. The molecule has 1 saturated heterocycles. The molecule has 8 nitrogen and oxygen atoms in total. The summed E-state index contributed by atoms with van der Waals surface area (Å²) in [5, 5.41) is 5.20. The van der Waals surface area contributed by atoms with Crippen molar-refractivity contribution in [2.24, 2.45) is 0 Å². The third-order valence-corrected chi connectivity index (χ3v) is 3.32. The van der Waals surface area contributed by atoms with Gasteiger partial charge in [-0.1, -0.05) is 0 Å². The molecule has 1 aliphatic rings. The molecule has 1 fully saturated rings. The van der Waals surface area contributed by atoms with Crippen molar-refractivity contribution in [3.05, 3.63) is 29.8 Å². The van der Waals surface area contributed by atoms with Crippen molar-refractivity contribution < 1.29 is 23.9 Å². The van der Waals surface area contributed by atoms with E-state index in [-0.39, 0.29) is 18.5 Å². The molecule has 1 aromatic carbocycles. The Labute approximate surface area is 133 Å². The first kappa shape index (κ1) is 16.8. The molecule has 124 valence electrons. The highest BCUT2D eigenvalue weighted by Gasteiger charge is 2.16. The van der Waals surface area contributed by atoms with Gasteiger partial charge in [-0.05, 0) is 24.3 Å². The number of carbonyl (C=O) groups is 3. The van der Waals surface area contributed by atoms with Gasteiger partial charge < -0.3 is 25.0 Å². The van der Waals surface area contributed by atoms with Crippen LogP contribution in [0.15, 0.2) is 24.3 Å². The van der Waals surface area contributed by atoms with E-state index in [4.69, 9.17) is 4.74 Å². The van der Waals surface area contributed by atoms with Gasteiger partial charge in [-0.15, -0.1) is 0 Å². The lowest BCUT2D eigenvalue weighted by Gasteiger charge is -2.26. The number of methoxy groups -OCH3 is 1. The highest BCUT2D eigenvalue weighted by atomic mass is 16.5. The number of anilines is 1. The lowest BCUT2D eigenvalue weighted by Crippen LogP contribution is -2.43. The zero-order valence-electron chi connectivity index (χ0n) is 12.8. The Bertz CT molecular complexity index is 567. The molecular formula is C15H19N3O5. The van der Waals surface area contributed by atoms with Crippen molar-refractivity contribution in [2.45, 2.75) is 0 Å². The molecule has 0 saturated carbocycles. The molecule has 2 N–H and O–H groups in total. The van der Waals surface area contributed by atoms with Gasteiger partial charge >= 0.3 is 12.0 Å².